The van der Waals surface area contributed by atoms with Crippen LogP contribution in [0.4, 0.5) is 4.39 Å². The van der Waals surface area contributed by atoms with Crippen molar-refractivity contribution in [3.05, 3.63) is 30.1 Å². The molecule has 19 heavy (non-hydrogen) atoms. The number of aliphatic hydroxyl groups excluding tert-OH is 1. The van der Waals surface area contributed by atoms with Gasteiger partial charge in [0.25, 0.3) is 5.91 Å². The Morgan fingerprint density at radius 2 is 2.05 bits per heavy atom. The van der Waals surface area contributed by atoms with Crippen LogP contribution in [-0.2, 0) is 4.79 Å². The Balaban J connectivity index is 2.76. The molecule has 0 fully saturated rings. The Hall–Kier alpha value is -1.62. The molecule has 0 bridgehead atoms. The number of hydrogen-bond acceptors (Lipinski definition) is 3. The number of likely N-dealkylation sites (N-methyl/N-ethyl adjacent to an activating group) is 1. The Labute approximate surface area is 112 Å². The van der Waals surface area contributed by atoms with E-state index >= 15 is 0 Å². The third kappa shape index (κ3) is 3.67. The predicted molar refractivity (Wildman–Crippen MR) is 70.4 cm³/mol. The summed E-state index contributed by atoms with van der Waals surface area (Å²) in [6.07, 6.45) is -0.826. The van der Waals surface area contributed by atoms with E-state index in [0.717, 1.165) is 0 Å². The molecule has 1 N–H and O–H groups in total. The SMILES string of the molecule is CC(Oc1ccccc1F)C(=O)N(C)C(C)(C)CO. The normalized spacial score (nSPS) is 12.9. The zero-order valence-electron chi connectivity index (χ0n) is 11.7. The molecule has 1 aromatic carbocycles. The van der Waals surface area contributed by atoms with Crippen molar-refractivity contribution < 1.29 is 19.0 Å². The molecule has 4 nitrogen and oxygen atoms in total. The first-order valence-corrected chi connectivity index (χ1v) is 6.09. The number of carbonyl (C=O) groups excluding carboxylic acids is 1. The van der Waals surface area contributed by atoms with Crippen LogP contribution in [0.15, 0.2) is 24.3 Å². The number of ether oxygens (including phenoxy) is 1. The van der Waals surface area contributed by atoms with E-state index in [-0.39, 0.29) is 18.3 Å². The second-order valence-electron chi connectivity index (χ2n) is 5.06. The minimum Gasteiger partial charge on any atom is -0.478 e. The van der Waals surface area contributed by atoms with Crippen molar-refractivity contribution in [2.24, 2.45) is 0 Å². The van der Waals surface area contributed by atoms with Crippen LogP contribution < -0.4 is 4.74 Å². The van der Waals surface area contributed by atoms with E-state index < -0.39 is 17.5 Å². The number of para-hydroxylation sites is 1. The largest absolute Gasteiger partial charge is 0.478 e. The van der Waals surface area contributed by atoms with Crippen molar-refractivity contribution in [2.45, 2.75) is 32.4 Å². The van der Waals surface area contributed by atoms with Crippen LogP contribution in [0.2, 0.25) is 0 Å². The van der Waals surface area contributed by atoms with Gasteiger partial charge in [-0.25, -0.2) is 4.39 Å². The second kappa shape index (κ2) is 6.02. The van der Waals surface area contributed by atoms with Crippen molar-refractivity contribution in [3.63, 3.8) is 0 Å². The molecule has 0 aliphatic heterocycles. The van der Waals surface area contributed by atoms with Gasteiger partial charge >= 0.3 is 0 Å². The number of halogens is 1. The summed E-state index contributed by atoms with van der Waals surface area (Å²) in [5.41, 5.74) is -0.691. The summed E-state index contributed by atoms with van der Waals surface area (Å²) in [6, 6.07) is 5.93. The first-order valence-electron chi connectivity index (χ1n) is 6.09. The van der Waals surface area contributed by atoms with Crippen molar-refractivity contribution in [1.82, 2.24) is 4.90 Å². The minimum atomic E-state index is -0.826. The van der Waals surface area contributed by atoms with Crippen LogP contribution in [0, 0.1) is 5.82 Å². The van der Waals surface area contributed by atoms with E-state index in [2.05, 4.69) is 0 Å². The van der Waals surface area contributed by atoms with Gasteiger partial charge in [-0.15, -0.1) is 0 Å². The van der Waals surface area contributed by atoms with Gasteiger partial charge < -0.3 is 14.7 Å². The Morgan fingerprint density at radius 3 is 2.58 bits per heavy atom. The van der Waals surface area contributed by atoms with Crippen molar-refractivity contribution in [3.8, 4) is 5.75 Å². The summed E-state index contributed by atoms with van der Waals surface area (Å²) in [5, 5.41) is 9.23. The van der Waals surface area contributed by atoms with Crippen LogP contribution in [0.5, 0.6) is 5.75 Å². The van der Waals surface area contributed by atoms with Crippen molar-refractivity contribution >= 4 is 5.91 Å². The van der Waals surface area contributed by atoms with Gasteiger partial charge in [0.2, 0.25) is 0 Å². The second-order valence-corrected chi connectivity index (χ2v) is 5.06. The molecule has 0 aromatic heterocycles. The molecule has 106 valence electrons. The summed E-state index contributed by atoms with van der Waals surface area (Å²) >= 11 is 0. The monoisotopic (exact) mass is 269 g/mol. The lowest BCUT2D eigenvalue weighted by Crippen LogP contribution is -2.51. The highest BCUT2D eigenvalue weighted by Gasteiger charge is 2.30. The molecule has 1 unspecified atom stereocenters. The third-order valence-electron chi connectivity index (χ3n) is 3.11. The summed E-state index contributed by atoms with van der Waals surface area (Å²) in [6.45, 7) is 4.86. The summed E-state index contributed by atoms with van der Waals surface area (Å²) in [4.78, 5) is 13.5. The van der Waals surface area contributed by atoms with Gasteiger partial charge in [-0.2, -0.15) is 0 Å². The van der Waals surface area contributed by atoms with Gasteiger partial charge in [0.1, 0.15) is 0 Å². The lowest BCUT2D eigenvalue weighted by molar-refractivity contribution is -0.142. The van der Waals surface area contributed by atoms with Crippen molar-refractivity contribution in [1.29, 1.82) is 0 Å². The van der Waals surface area contributed by atoms with E-state index in [0.29, 0.717) is 0 Å². The molecule has 0 saturated carbocycles. The number of amides is 1. The number of hydrogen-bond donors (Lipinski definition) is 1. The smallest absolute Gasteiger partial charge is 0.263 e. The molecule has 0 radical (unpaired) electrons. The topological polar surface area (TPSA) is 49.8 Å². The van der Waals surface area contributed by atoms with Gasteiger partial charge in [0, 0.05) is 7.05 Å². The Bertz CT molecular complexity index is 448. The summed E-state index contributed by atoms with van der Waals surface area (Å²) in [7, 11) is 1.58. The average Bonchev–Trinajstić information content (AvgIpc) is 2.39. The molecular formula is C14H20FNO3. The minimum absolute atomic E-state index is 0.0403. The van der Waals surface area contributed by atoms with Crippen molar-refractivity contribution in [2.75, 3.05) is 13.7 Å². The van der Waals surface area contributed by atoms with Crippen LogP contribution in [0.25, 0.3) is 0 Å². The van der Waals surface area contributed by atoms with Gasteiger partial charge in [0.15, 0.2) is 17.7 Å². The highest BCUT2D eigenvalue weighted by Crippen LogP contribution is 2.19. The quantitative estimate of drug-likeness (QED) is 0.887. The van der Waals surface area contributed by atoms with Crippen LogP contribution in [0.3, 0.4) is 0 Å². The lowest BCUT2D eigenvalue weighted by atomic mass is 10.0. The third-order valence-corrected chi connectivity index (χ3v) is 3.11. The molecule has 1 amide bonds. The molecule has 5 heteroatoms. The maximum Gasteiger partial charge on any atom is 0.263 e. The highest BCUT2D eigenvalue weighted by molar-refractivity contribution is 5.81. The fourth-order valence-electron chi connectivity index (χ4n) is 1.46. The van der Waals surface area contributed by atoms with Crippen LogP contribution in [-0.4, -0.2) is 41.2 Å². The van der Waals surface area contributed by atoms with Gasteiger partial charge in [-0.3, -0.25) is 4.79 Å². The van der Waals surface area contributed by atoms with E-state index in [4.69, 9.17) is 4.74 Å². The van der Waals surface area contributed by atoms with E-state index in [1.165, 1.54) is 17.0 Å². The van der Waals surface area contributed by atoms with E-state index in [9.17, 15) is 14.3 Å². The van der Waals surface area contributed by atoms with Gasteiger partial charge in [-0.05, 0) is 32.9 Å². The zero-order chi connectivity index (χ0) is 14.6. The molecule has 1 aromatic rings. The van der Waals surface area contributed by atoms with Crippen LogP contribution >= 0.6 is 0 Å². The first kappa shape index (κ1) is 15.4. The first-order chi connectivity index (χ1) is 8.79. The lowest BCUT2D eigenvalue weighted by Gasteiger charge is -2.35. The number of aliphatic hydroxyl groups is 1. The molecule has 1 rings (SSSR count). The fourth-order valence-corrected chi connectivity index (χ4v) is 1.46. The molecule has 0 heterocycles. The highest BCUT2D eigenvalue weighted by atomic mass is 19.1. The average molecular weight is 269 g/mol. The maximum absolute atomic E-state index is 13.4. The number of carbonyl (C=O) groups is 1. The van der Waals surface area contributed by atoms with E-state index in [1.807, 2.05) is 0 Å². The molecular weight excluding hydrogens is 249 g/mol. The maximum atomic E-state index is 13.4. The Kier molecular flexibility index (Phi) is 4.89. The zero-order valence-corrected chi connectivity index (χ0v) is 11.7. The van der Waals surface area contributed by atoms with Crippen LogP contribution in [0.1, 0.15) is 20.8 Å². The van der Waals surface area contributed by atoms with Gasteiger partial charge in [0.05, 0.1) is 12.1 Å². The number of benzene rings is 1. The summed E-state index contributed by atoms with van der Waals surface area (Å²) < 4.78 is 18.7. The molecule has 0 saturated heterocycles. The van der Waals surface area contributed by atoms with Gasteiger partial charge in [-0.1, -0.05) is 12.1 Å². The number of rotatable bonds is 5. The Morgan fingerprint density at radius 1 is 1.47 bits per heavy atom. The molecule has 0 spiro atoms. The standard InChI is InChI=1S/C14H20FNO3/c1-10(13(18)16(4)14(2,3)9-17)19-12-8-6-5-7-11(12)15/h5-8,10,17H,9H2,1-4H3. The van der Waals surface area contributed by atoms with E-state index in [1.54, 1.807) is 40.0 Å². The number of nitrogens with zero attached hydrogens (tertiary/aromatic N) is 1. The summed E-state index contributed by atoms with van der Waals surface area (Å²) in [5.74, 6) is -0.785. The molecule has 0 aliphatic rings. The predicted octanol–water partition coefficient (Wildman–Crippen LogP) is 1.82. The fraction of sp³-hybridized carbons (Fsp3) is 0.500. The molecule has 1 atom stereocenters. The molecule has 0 aliphatic carbocycles.